The number of nitrogens with zero attached hydrogens (tertiary/aromatic N) is 5. The van der Waals surface area contributed by atoms with E-state index in [0.717, 1.165) is 48.7 Å². The summed E-state index contributed by atoms with van der Waals surface area (Å²) in [5, 5.41) is 3.52. The minimum atomic E-state index is -0.180. The van der Waals surface area contributed by atoms with Crippen LogP contribution in [0.1, 0.15) is 42.9 Å². The van der Waals surface area contributed by atoms with Crippen molar-refractivity contribution in [3.05, 3.63) is 46.7 Å². The van der Waals surface area contributed by atoms with Gasteiger partial charge in [0.25, 0.3) is 0 Å². The number of ether oxygens (including phenoxy) is 1. The smallest absolute Gasteiger partial charge is 0.318 e. The van der Waals surface area contributed by atoms with Gasteiger partial charge >= 0.3 is 6.01 Å². The minimum Gasteiger partial charge on any atom is -0.467 e. The monoisotopic (exact) mass is 438 g/mol. The lowest BCUT2D eigenvalue weighted by Crippen LogP contribution is -2.42. The number of imidazole rings is 1. The Bertz CT molecular complexity index is 1140. The van der Waals surface area contributed by atoms with Gasteiger partial charge in [-0.25, -0.2) is 9.37 Å². The average molecular weight is 439 g/mol. The Morgan fingerprint density at radius 3 is 2.72 bits per heavy atom. The first-order chi connectivity index (χ1) is 15.4. The molecule has 0 radical (unpaired) electrons. The molecule has 7 nitrogen and oxygen atoms in total. The van der Waals surface area contributed by atoms with E-state index in [4.69, 9.17) is 9.72 Å². The molecule has 2 aromatic heterocycles. The van der Waals surface area contributed by atoms with Crippen LogP contribution in [0.4, 0.5) is 4.39 Å². The molecular weight excluding hydrogens is 407 g/mol. The third-order valence-electron chi connectivity index (χ3n) is 6.60. The largest absolute Gasteiger partial charge is 0.467 e. The van der Waals surface area contributed by atoms with Gasteiger partial charge < -0.3 is 14.6 Å². The summed E-state index contributed by atoms with van der Waals surface area (Å²) in [6, 6.07) is 7.14. The number of aryl methyl sites for hydroxylation is 1. The number of piperazine rings is 1. The van der Waals surface area contributed by atoms with Gasteiger partial charge in [0.2, 0.25) is 0 Å². The summed E-state index contributed by atoms with van der Waals surface area (Å²) < 4.78 is 22.5. The lowest BCUT2D eigenvalue weighted by Gasteiger charge is -2.27. The molecular formula is C24H31FN6O. The van der Waals surface area contributed by atoms with Crippen molar-refractivity contribution < 1.29 is 9.13 Å². The van der Waals surface area contributed by atoms with Gasteiger partial charge in [0.1, 0.15) is 17.2 Å². The molecule has 170 valence electrons. The van der Waals surface area contributed by atoms with E-state index in [1.165, 1.54) is 6.42 Å². The lowest BCUT2D eigenvalue weighted by atomic mass is 10.1. The van der Waals surface area contributed by atoms with Gasteiger partial charge in [-0.2, -0.15) is 9.97 Å². The first kappa shape index (κ1) is 21.3. The Morgan fingerprint density at radius 2 is 2.06 bits per heavy atom. The highest BCUT2D eigenvalue weighted by Gasteiger charge is 2.37. The van der Waals surface area contributed by atoms with Crippen LogP contribution in [0.25, 0.3) is 11.2 Å². The molecule has 2 atom stereocenters. The summed E-state index contributed by atoms with van der Waals surface area (Å²) in [5.41, 5.74) is 3.86. The second kappa shape index (κ2) is 8.41. The molecule has 32 heavy (non-hydrogen) atoms. The van der Waals surface area contributed by atoms with Gasteiger partial charge in [0, 0.05) is 43.7 Å². The number of rotatable bonds is 7. The Hall–Kier alpha value is -2.58. The first-order valence-electron chi connectivity index (χ1n) is 11.4. The van der Waals surface area contributed by atoms with Crippen molar-refractivity contribution in [2.45, 2.75) is 58.8 Å². The van der Waals surface area contributed by atoms with E-state index in [9.17, 15) is 0 Å². The first-order valence-corrected chi connectivity index (χ1v) is 11.4. The zero-order valence-electron chi connectivity index (χ0n) is 19.2. The summed E-state index contributed by atoms with van der Waals surface area (Å²) in [5.74, 6) is 1.13. The van der Waals surface area contributed by atoms with Crippen molar-refractivity contribution >= 4 is 11.2 Å². The molecule has 2 bridgehead atoms. The molecule has 0 aliphatic carbocycles. The van der Waals surface area contributed by atoms with E-state index in [0.29, 0.717) is 41.8 Å². The quantitative estimate of drug-likeness (QED) is 0.612. The van der Waals surface area contributed by atoms with Crippen molar-refractivity contribution in [1.29, 1.82) is 0 Å². The van der Waals surface area contributed by atoms with Crippen LogP contribution in [0.2, 0.25) is 0 Å². The lowest BCUT2D eigenvalue weighted by molar-refractivity contribution is 0.217. The Labute approximate surface area is 188 Å². The van der Waals surface area contributed by atoms with Gasteiger partial charge in [-0.3, -0.25) is 4.90 Å². The van der Waals surface area contributed by atoms with Crippen LogP contribution in [-0.2, 0) is 19.5 Å². The second-order valence-electron chi connectivity index (χ2n) is 9.53. The second-order valence-corrected chi connectivity index (χ2v) is 9.53. The molecule has 0 saturated carbocycles. The predicted octanol–water partition coefficient (Wildman–Crippen LogP) is 3.08. The predicted molar refractivity (Wildman–Crippen MR) is 121 cm³/mol. The molecule has 1 N–H and O–H groups in total. The van der Waals surface area contributed by atoms with Crippen LogP contribution < -0.4 is 10.1 Å². The molecule has 5 rings (SSSR count). The molecule has 8 heteroatoms. The standard InChI is InChI=1S/C24H31FN6O/c1-14(2)7-21-28-22-15(3)27-24(32-4)29-23(22)31(21)12-17-6-5-16(8-20(17)25)11-30-13-18-9-19(30)10-26-18/h5-6,8,14,18-19,26H,7,9-13H2,1-4H3/t18-,19-/m1/s1. The number of hydrogen-bond donors (Lipinski definition) is 1. The zero-order chi connectivity index (χ0) is 22.4. The van der Waals surface area contributed by atoms with E-state index >= 15 is 4.39 Å². The minimum absolute atomic E-state index is 0.180. The molecule has 2 aliphatic rings. The molecule has 1 aromatic carbocycles. The molecule has 2 aliphatic heterocycles. The van der Waals surface area contributed by atoms with Gasteiger partial charge in [0.05, 0.1) is 19.3 Å². The van der Waals surface area contributed by atoms with Crippen molar-refractivity contribution in [3.8, 4) is 6.01 Å². The highest BCUT2D eigenvalue weighted by atomic mass is 19.1. The van der Waals surface area contributed by atoms with E-state index in [-0.39, 0.29) is 5.82 Å². The normalized spacial score (nSPS) is 20.7. The van der Waals surface area contributed by atoms with Crippen molar-refractivity contribution in [2.75, 3.05) is 20.2 Å². The summed E-state index contributed by atoms with van der Waals surface area (Å²) in [7, 11) is 1.55. The SMILES string of the molecule is COc1nc(C)c2nc(CC(C)C)n(Cc3ccc(CN4C[C@H]5C[C@@H]4CN5)cc3F)c2n1. The van der Waals surface area contributed by atoms with Crippen LogP contribution >= 0.6 is 0 Å². The summed E-state index contributed by atoms with van der Waals surface area (Å²) in [6.07, 6.45) is 1.99. The maximum atomic E-state index is 15.2. The molecule has 2 saturated heterocycles. The topological polar surface area (TPSA) is 68.1 Å². The molecule has 2 fully saturated rings. The molecule has 0 amide bonds. The number of likely N-dealkylation sites (tertiary alicyclic amines) is 1. The number of benzene rings is 1. The van der Waals surface area contributed by atoms with Crippen LogP contribution in [0.5, 0.6) is 6.01 Å². The van der Waals surface area contributed by atoms with E-state index in [2.05, 4.69) is 40.1 Å². The number of nitrogens with one attached hydrogen (secondary N) is 1. The average Bonchev–Trinajstić information content (AvgIpc) is 3.45. The number of halogens is 1. The number of methoxy groups -OCH3 is 1. The Balaban J connectivity index is 1.44. The van der Waals surface area contributed by atoms with Crippen LogP contribution in [0.3, 0.4) is 0 Å². The van der Waals surface area contributed by atoms with E-state index < -0.39 is 0 Å². The van der Waals surface area contributed by atoms with E-state index in [1.54, 1.807) is 13.2 Å². The van der Waals surface area contributed by atoms with Gasteiger partial charge in [-0.1, -0.05) is 26.0 Å². The number of fused-ring (bicyclic) bond motifs is 3. The van der Waals surface area contributed by atoms with Gasteiger partial charge in [-0.15, -0.1) is 0 Å². The fourth-order valence-corrected chi connectivity index (χ4v) is 5.00. The zero-order valence-corrected chi connectivity index (χ0v) is 19.2. The third-order valence-corrected chi connectivity index (χ3v) is 6.60. The summed E-state index contributed by atoms with van der Waals surface area (Å²) >= 11 is 0. The number of aromatic nitrogens is 4. The van der Waals surface area contributed by atoms with Gasteiger partial charge in [0.15, 0.2) is 5.65 Å². The maximum absolute atomic E-state index is 15.2. The van der Waals surface area contributed by atoms with Crippen LogP contribution in [0, 0.1) is 18.7 Å². The fourth-order valence-electron chi connectivity index (χ4n) is 5.00. The molecule has 0 unspecified atom stereocenters. The fraction of sp³-hybridized carbons (Fsp3) is 0.542. The number of hydrogen-bond acceptors (Lipinski definition) is 6. The molecule has 3 aromatic rings. The highest BCUT2D eigenvalue weighted by molar-refractivity contribution is 5.74. The summed E-state index contributed by atoms with van der Waals surface area (Å²) in [4.78, 5) is 16.2. The van der Waals surface area contributed by atoms with Crippen molar-refractivity contribution in [3.63, 3.8) is 0 Å². The maximum Gasteiger partial charge on any atom is 0.318 e. The van der Waals surface area contributed by atoms with Gasteiger partial charge in [-0.05, 0) is 30.9 Å². The van der Waals surface area contributed by atoms with Crippen LogP contribution in [0.15, 0.2) is 18.2 Å². The Morgan fingerprint density at radius 1 is 1.22 bits per heavy atom. The summed E-state index contributed by atoms with van der Waals surface area (Å²) in [6.45, 7) is 9.48. The highest BCUT2D eigenvalue weighted by Crippen LogP contribution is 2.27. The van der Waals surface area contributed by atoms with E-state index in [1.807, 2.05) is 17.6 Å². The van der Waals surface area contributed by atoms with Crippen LogP contribution in [-0.4, -0.2) is 56.7 Å². The Kier molecular flexibility index (Phi) is 5.59. The molecule has 0 spiro atoms. The van der Waals surface area contributed by atoms with Crippen molar-refractivity contribution in [1.82, 2.24) is 29.7 Å². The van der Waals surface area contributed by atoms with Crippen molar-refractivity contribution in [2.24, 2.45) is 5.92 Å². The molecule has 4 heterocycles. The third kappa shape index (κ3) is 3.97.